The fraction of sp³-hybridized carbons (Fsp3) is 0.0625. The number of ether oxygens (including phenoxy) is 2. The monoisotopic (exact) mass is 280 g/mol. The maximum Gasteiger partial charge on any atom is 0.250 e. The average molecular weight is 280 g/mol. The van der Waals surface area contributed by atoms with E-state index in [0.29, 0.717) is 11.3 Å². The zero-order valence-electron chi connectivity index (χ0n) is 11.1. The van der Waals surface area contributed by atoms with Crippen LogP contribution in [0.2, 0.25) is 0 Å². The molecule has 5 nitrogen and oxygen atoms in total. The van der Waals surface area contributed by atoms with Crippen LogP contribution in [0.5, 0.6) is 11.5 Å². The molecule has 4 rings (SSSR count). The summed E-state index contributed by atoms with van der Waals surface area (Å²) < 4.78 is 12.6. The highest BCUT2D eigenvalue weighted by Crippen LogP contribution is 2.35. The molecule has 0 unspecified atom stereocenters. The van der Waals surface area contributed by atoms with Gasteiger partial charge in [0.1, 0.15) is 0 Å². The van der Waals surface area contributed by atoms with Gasteiger partial charge in [-0.2, -0.15) is 0 Å². The van der Waals surface area contributed by atoms with E-state index >= 15 is 0 Å². The normalized spacial score (nSPS) is 12.8. The van der Waals surface area contributed by atoms with Crippen molar-refractivity contribution in [3.05, 3.63) is 54.2 Å². The molecule has 2 heterocycles. The lowest BCUT2D eigenvalue weighted by molar-refractivity contribution is 0.100. The maximum absolute atomic E-state index is 11.6. The van der Waals surface area contributed by atoms with E-state index in [2.05, 4.69) is 0 Å². The number of primary amides is 1. The lowest BCUT2D eigenvalue weighted by Crippen LogP contribution is -2.10. The minimum absolute atomic E-state index is 0.234. The molecular formula is C16H12N2O3. The number of para-hydroxylation sites is 1. The van der Waals surface area contributed by atoms with E-state index in [9.17, 15) is 4.79 Å². The number of nitrogens with zero attached hydrogens (tertiary/aromatic N) is 1. The van der Waals surface area contributed by atoms with Crippen molar-refractivity contribution in [2.75, 3.05) is 6.79 Å². The first-order valence-electron chi connectivity index (χ1n) is 6.54. The highest BCUT2D eigenvalue weighted by molar-refractivity contribution is 6.06. The molecule has 0 fully saturated rings. The maximum atomic E-state index is 11.6. The molecule has 0 saturated carbocycles. The number of fused-ring (bicyclic) bond motifs is 2. The van der Waals surface area contributed by atoms with Crippen molar-refractivity contribution >= 4 is 16.8 Å². The molecule has 5 heteroatoms. The van der Waals surface area contributed by atoms with Crippen LogP contribution < -0.4 is 15.2 Å². The summed E-state index contributed by atoms with van der Waals surface area (Å²) in [5.41, 5.74) is 7.78. The summed E-state index contributed by atoms with van der Waals surface area (Å²) in [6.45, 7) is 0.234. The first-order valence-corrected chi connectivity index (χ1v) is 6.54. The minimum atomic E-state index is -0.439. The fourth-order valence-electron chi connectivity index (χ4n) is 2.62. The van der Waals surface area contributed by atoms with Gasteiger partial charge in [-0.1, -0.05) is 18.2 Å². The second kappa shape index (κ2) is 4.28. The van der Waals surface area contributed by atoms with E-state index in [4.69, 9.17) is 15.2 Å². The van der Waals surface area contributed by atoms with Gasteiger partial charge >= 0.3 is 0 Å². The molecule has 1 amide bonds. The third-order valence-corrected chi connectivity index (χ3v) is 3.61. The van der Waals surface area contributed by atoms with Gasteiger partial charge in [-0.05, 0) is 18.2 Å². The number of rotatable bonds is 2. The minimum Gasteiger partial charge on any atom is -0.454 e. The third kappa shape index (κ3) is 1.74. The molecule has 2 N–H and O–H groups in total. The van der Waals surface area contributed by atoms with Gasteiger partial charge < -0.3 is 19.8 Å². The molecule has 2 aromatic carbocycles. The van der Waals surface area contributed by atoms with Crippen molar-refractivity contribution in [3.63, 3.8) is 0 Å². The van der Waals surface area contributed by atoms with Gasteiger partial charge in [0.2, 0.25) is 6.79 Å². The molecule has 1 aliphatic heterocycles. The lowest BCUT2D eigenvalue weighted by atomic mass is 10.2. The SMILES string of the molecule is NC(=O)c1cn(-c2ccc3c(c2)OCO3)c2ccccc12. The first kappa shape index (κ1) is 11.8. The van der Waals surface area contributed by atoms with Crippen molar-refractivity contribution in [2.24, 2.45) is 5.73 Å². The molecular weight excluding hydrogens is 268 g/mol. The smallest absolute Gasteiger partial charge is 0.250 e. The number of nitrogens with two attached hydrogens (primary N) is 1. The van der Waals surface area contributed by atoms with Gasteiger partial charge in [0.25, 0.3) is 5.91 Å². The summed E-state index contributed by atoms with van der Waals surface area (Å²) in [4.78, 5) is 11.6. The van der Waals surface area contributed by atoms with E-state index < -0.39 is 5.91 Å². The molecule has 0 aliphatic carbocycles. The van der Waals surface area contributed by atoms with Gasteiger partial charge in [-0.3, -0.25) is 4.79 Å². The molecule has 0 atom stereocenters. The summed E-state index contributed by atoms with van der Waals surface area (Å²) in [5, 5.41) is 0.836. The van der Waals surface area contributed by atoms with Crippen molar-refractivity contribution in [1.82, 2.24) is 4.57 Å². The predicted octanol–water partition coefficient (Wildman–Crippen LogP) is 2.46. The number of benzene rings is 2. The van der Waals surface area contributed by atoms with Crippen LogP contribution in [0.25, 0.3) is 16.6 Å². The van der Waals surface area contributed by atoms with E-state index in [-0.39, 0.29) is 6.79 Å². The molecule has 3 aromatic rings. The van der Waals surface area contributed by atoms with Crippen molar-refractivity contribution < 1.29 is 14.3 Å². The molecule has 0 spiro atoms. The standard InChI is InChI=1S/C16H12N2O3/c17-16(19)12-8-18(13-4-2-1-3-11(12)13)10-5-6-14-15(7-10)21-9-20-14/h1-8H,9H2,(H2,17,19). The Kier molecular flexibility index (Phi) is 2.41. The van der Waals surface area contributed by atoms with Crippen LogP contribution in [0.4, 0.5) is 0 Å². The Hall–Kier alpha value is -2.95. The van der Waals surface area contributed by atoms with Crippen molar-refractivity contribution in [1.29, 1.82) is 0 Å². The van der Waals surface area contributed by atoms with Crippen LogP contribution in [-0.2, 0) is 0 Å². The van der Waals surface area contributed by atoms with Gasteiger partial charge in [-0.25, -0.2) is 0 Å². The van der Waals surface area contributed by atoms with Crippen LogP contribution >= 0.6 is 0 Å². The molecule has 1 aromatic heterocycles. The van der Waals surface area contributed by atoms with Gasteiger partial charge in [0.05, 0.1) is 11.1 Å². The molecule has 0 bridgehead atoms. The number of amides is 1. The molecule has 0 radical (unpaired) electrons. The Morgan fingerprint density at radius 1 is 1.10 bits per heavy atom. The van der Waals surface area contributed by atoms with Crippen LogP contribution in [0.1, 0.15) is 10.4 Å². The summed E-state index contributed by atoms with van der Waals surface area (Å²) in [6, 6.07) is 13.3. The molecule has 1 aliphatic rings. The quantitative estimate of drug-likeness (QED) is 0.784. The Balaban J connectivity index is 1.96. The predicted molar refractivity (Wildman–Crippen MR) is 77.9 cm³/mol. The van der Waals surface area contributed by atoms with E-state index in [1.165, 1.54) is 0 Å². The summed E-state index contributed by atoms with van der Waals surface area (Å²) >= 11 is 0. The van der Waals surface area contributed by atoms with Gasteiger partial charge in [-0.15, -0.1) is 0 Å². The number of aromatic nitrogens is 1. The zero-order chi connectivity index (χ0) is 14.4. The van der Waals surface area contributed by atoms with E-state index in [1.807, 2.05) is 47.0 Å². The van der Waals surface area contributed by atoms with Gasteiger partial charge in [0, 0.05) is 23.3 Å². The Bertz CT molecular complexity index is 867. The highest BCUT2D eigenvalue weighted by atomic mass is 16.7. The summed E-state index contributed by atoms with van der Waals surface area (Å²) in [7, 11) is 0. The Morgan fingerprint density at radius 3 is 2.76 bits per heavy atom. The number of carbonyl (C=O) groups excluding carboxylic acids is 1. The molecule has 21 heavy (non-hydrogen) atoms. The Morgan fingerprint density at radius 2 is 1.90 bits per heavy atom. The van der Waals surface area contributed by atoms with Crippen LogP contribution in [-0.4, -0.2) is 17.3 Å². The van der Waals surface area contributed by atoms with Crippen molar-refractivity contribution in [3.8, 4) is 17.2 Å². The lowest BCUT2D eigenvalue weighted by Gasteiger charge is -2.06. The average Bonchev–Trinajstić information content (AvgIpc) is 3.10. The molecule has 0 saturated heterocycles. The van der Waals surface area contributed by atoms with Crippen LogP contribution in [0.15, 0.2) is 48.7 Å². The highest BCUT2D eigenvalue weighted by Gasteiger charge is 2.17. The topological polar surface area (TPSA) is 66.5 Å². The second-order valence-corrected chi connectivity index (χ2v) is 4.83. The Labute approximate surface area is 120 Å². The van der Waals surface area contributed by atoms with E-state index in [1.54, 1.807) is 6.20 Å². The van der Waals surface area contributed by atoms with Crippen LogP contribution in [0, 0.1) is 0 Å². The largest absolute Gasteiger partial charge is 0.454 e. The third-order valence-electron chi connectivity index (χ3n) is 3.61. The summed E-state index contributed by atoms with van der Waals surface area (Å²) in [6.07, 6.45) is 1.75. The number of hydrogen-bond donors (Lipinski definition) is 1. The summed E-state index contributed by atoms with van der Waals surface area (Å²) in [5.74, 6) is 0.988. The molecule has 104 valence electrons. The van der Waals surface area contributed by atoms with Crippen LogP contribution in [0.3, 0.4) is 0 Å². The second-order valence-electron chi connectivity index (χ2n) is 4.83. The first-order chi connectivity index (χ1) is 10.2. The van der Waals surface area contributed by atoms with E-state index in [0.717, 1.165) is 22.3 Å². The number of carbonyl (C=O) groups is 1. The fourth-order valence-corrected chi connectivity index (χ4v) is 2.62. The number of hydrogen-bond acceptors (Lipinski definition) is 3. The van der Waals surface area contributed by atoms with Crippen molar-refractivity contribution in [2.45, 2.75) is 0 Å². The van der Waals surface area contributed by atoms with Gasteiger partial charge in [0.15, 0.2) is 11.5 Å². The zero-order valence-corrected chi connectivity index (χ0v) is 11.1.